The molecule has 1 aliphatic carbocycles. The summed E-state index contributed by atoms with van der Waals surface area (Å²) < 4.78 is 29.8. The second-order valence-electron chi connectivity index (χ2n) is 5.53. The molecule has 0 radical (unpaired) electrons. The average Bonchev–Trinajstić information content (AvgIpc) is 3.18. The van der Waals surface area contributed by atoms with E-state index in [9.17, 15) is 13.7 Å². The van der Waals surface area contributed by atoms with Crippen molar-refractivity contribution in [1.29, 1.82) is 5.26 Å². The summed E-state index contributed by atoms with van der Waals surface area (Å²) >= 11 is 0. The van der Waals surface area contributed by atoms with Crippen molar-refractivity contribution < 1.29 is 13.2 Å². The first-order valence-electron chi connectivity index (χ1n) is 7.17. The van der Waals surface area contributed by atoms with Crippen LogP contribution in [0.4, 0.5) is 0 Å². The van der Waals surface area contributed by atoms with Crippen molar-refractivity contribution in [1.82, 2.24) is 0 Å². The molecule has 0 aliphatic heterocycles. The monoisotopic (exact) mass is 307 g/mol. The second-order valence-corrected chi connectivity index (χ2v) is 7.94. The molecule has 1 aromatic rings. The summed E-state index contributed by atoms with van der Waals surface area (Å²) in [4.78, 5) is 0. The van der Waals surface area contributed by atoms with Gasteiger partial charge in [-0.2, -0.15) is 5.26 Å². The van der Waals surface area contributed by atoms with E-state index in [0.717, 1.165) is 12.0 Å². The maximum atomic E-state index is 12.3. The van der Waals surface area contributed by atoms with Gasteiger partial charge in [0.25, 0.3) is 0 Å². The smallest absolute Gasteiger partial charge is 0.155 e. The van der Waals surface area contributed by atoms with E-state index in [0.29, 0.717) is 0 Å². The van der Waals surface area contributed by atoms with E-state index in [4.69, 9.17) is 4.74 Å². The molecular weight excluding hydrogens is 286 g/mol. The first-order chi connectivity index (χ1) is 9.96. The quantitative estimate of drug-likeness (QED) is 0.809. The number of aryl methyl sites for hydroxylation is 1. The highest BCUT2D eigenvalue weighted by atomic mass is 32.2. The molecule has 21 heavy (non-hydrogen) atoms. The normalized spacial score (nSPS) is 28.1. The zero-order valence-electron chi connectivity index (χ0n) is 12.7. The molecule has 1 saturated carbocycles. The van der Waals surface area contributed by atoms with E-state index in [-0.39, 0.29) is 18.3 Å². The highest BCUT2D eigenvalue weighted by molar-refractivity contribution is 7.92. The Bertz CT molecular complexity index is 645. The fourth-order valence-corrected chi connectivity index (χ4v) is 5.12. The van der Waals surface area contributed by atoms with Crippen molar-refractivity contribution in [3.05, 3.63) is 35.4 Å². The van der Waals surface area contributed by atoms with E-state index in [1.165, 1.54) is 12.7 Å². The van der Waals surface area contributed by atoms with Crippen LogP contribution in [0.15, 0.2) is 24.3 Å². The van der Waals surface area contributed by atoms with Crippen molar-refractivity contribution in [2.75, 3.05) is 19.5 Å². The van der Waals surface area contributed by atoms with E-state index >= 15 is 0 Å². The third-order valence-corrected chi connectivity index (χ3v) is 6.66. The van der Waals surface area contributed by atoms with Crippen molar-refractivity contribution in [2.45, 2.75) is 31.4 Å². The van der Waals surface area contributed by atoms with Crippen LogP contribution in [0.2, 0.25) is 0 Å². The molecule has 0 N–H and O–H groups in total. The lowest BCUT2D eigenvalue weighted by Crippen LogP contribution is -2.20. The molecule has 3 atom stereocenters. The van der Waals surface area contributed by atoms with Crippen molar-refractivity contribution in [3.63, 3.8) is 0 Å². The molecule has 1 aliphatic rings. The van der Waals surface area contributed by atoms with Crippen molar-refractivity contribution in [3.8, 4) is 6.07 Å². The van der Waals surface area contributed by atoms with E-state index in [1.807, 2.05) is 24.3 Å². The molecule has 0 aromatic heterocycles. The largest absolute Gasteiger partial charge is 0.383 e. The van der Waals surface area contributed by atoms with Gasteiger partial charge in [0.2, 0.25) is 0 Å². The number of rotatable bonds is 6. The lowest BCUT2D eigenvalue weighted by atomic mass is 10.00. The molecule has 114 valence electrons. The molecule has 1 fully saturated rings. The highest BCUT2D eigenvalue weighted by Gasteiger charge is 2.71. The number of hydrogen-bond acceptors (Lipinski definition) is 4. The first-order valence-corrected chi connectivity index (χ1v) is 8.89. The highest BCUT2D eigenvalue weighted by Crippen LogP contribution is 2.62. The van der Waals surface area contributed by atoms with Crippen LogP contribution in [0, 0.1) is 16.7 Å². The van der Waals surface area contributed by atoms with Gasteiger partial charge in [0.15, 0.2) is 9.84 Å². The maximum Gasteiger partial charge on any atom is 0.155 e. The summed E-state index contributed by atoms with van der Waals surface area (Å²) in [6.45, 7) is 3.84. The van der Waals surface area contributed by atoms with Gasteiger partial charge in [-0.1, -0.05) is 38.1 Å². The predicted molar refractivity (Wildman–Crippen MR) is 81.7 cm³/mol. The summed E-state index contributed by atoms with van der Waals surface area (Å²) in [7, 11) is -1.78. The van der Waals surface area contributed by atoms with Gasteiger partial charge in [-0.05, 0) is 17.5 Å². The summed E-state index contributed by atoms with van der Waals surface area (Å²) in [6, 6.07) is 10.1. The third kappa shape index (κ3) is 2.58. The van der Waals surface area contributed by atoms with Crippen LogP contribution in [-0.2, 0) is 21.0 Å². The van der Waals surface area contributed by atoms with Crippen LogP contribution in [0.25, 0.3) is 0 Å². The van der Waals surface area contributed by atoms with E-state index in [2.05, 4.69) is 13.0 Å². The summed E-state index contributed by atoms with van der Waals surface area (Å²) in [5.74, 6) is -0.243. The molecule has 0 bridgehead atoms. The topological polar surface area (TPSA) is 67.2 Å². The van der Waals surface area contributed by atoms with Crippen LogP contribution in [-0.4, -0.2) is 33.1 Å². The Hall–Kier alpha value is -1.38. The van der Waals surface area contributed by atoms with Gasteiger partial charge < -0.3 is 4.74 Å². The number of ether oxygens (including phenoxy) is 1. The predicted octanol–water partition coefficient (Wildman–Crippen LogP) is 2.31. The number of hydrogen-bond donors (Lipinski definition) is 0. The van der Waals surface area contributed by atoms with Crippen LogP contribution in [0.3, 0.4) is 0 Å². The Balaban J connectivity index is 2.42. The number of nitrogens with zero attached hydrogens (tertiary/aromatic N) is 1. The molecule has 2 rings (SSSR count). The fraction of sp³-hybridized carbons (Fsp3) is 0.562. The minimum atomic E-state index is -3.28. The lowest BCUT2D eigenvalue weighted by molar-refractivity contribution is 0.162. The number of benzene rings is 1. The van der Waals surface area contributed by atoms with Crippen LogP contribution in [0.5, 0.6) is 0 Å². The zero-order valence-corrected chi connectivity index (χ0v) is 13.5. The van der Waals surface area contributed by atoms with Crippen LogP contribution in [0.1, 0.15) is 30.9 Å². The van der Waals surface area contributed by atoms with Gasteiger partial charge >= 0.3 is 0 Å². The summed E-state index contributed by atoms with van der Waals surface area (Å²) in [6.07, 6.45) is 0.934. The average molecular weight is 307 g/mol. The number of sulfone groups is 1. The summed E-state index contributed by atoms with van der Waals surface area (Å²) in [5, 5.41) is 8.90. The first kappa shape index (κ1) is 16.0. The van der Waals surface area contributed by atoms with Crippen LogP contribution >= 0.6 is 0 Å². The van der Waals surface area contributed by atoms with E-state index < -0.39 is 20.5 Å². The van der Waals surface area contributed by atoms with Gasteiger partial charge in [0.1, 0.15) is 5.41 Å². The van der Waals surface area contributed by atoms with Crippen molar-refractivity contribution >= 4 is 9.84 Å². The Kier molecular flexibility index (Phi) is 4.40. The lowest BCUT2D eigenvalue weighted by Gasteiger charge is -2.07. The molecular formula is C16H21NO3S. The second kappa shape index (κ2) is 5.78. The molecule has 1 aromatic carbocycles. The Labute approximate surface area is 126 Å². The summed E-state index contributed by atoms with van der Waals surface area (Å²) in [5.41, 5.74) is 1.16. The molecule has 0 unspecified atom stereocenters. The van der Waals surface area contributed by atoms with Gasteiger partial charge in [0.05, 0.1) is 17.9 Å². The van der Waals surface area contributed by atoms with E-state index in [1.54, 1.807) is 6.92 Å². The number of methoxy groups -OCH3 is 1. The molecule has 0 saturated heterocycles. The zero-order chi connectivity index (χ0) is 15.7. The van der Waals surface area contributed by atoms with Gasteiger partial charge in [-0.3, -0.25) is 0 Å². The Morgan fingerprint density at radius 2 is 1.90 bits per heavy atom. The third-order valence-electron chi connectivity index (χ3n) is 4.38. The van der Waals surface area contributed by atoms with Gasteiger partial charge in [-0.15, -0.1) is 0 Å². The molecule has 0 heterocycles. The van der Waals surface area contributed by atoms with Crippen molar-refractivity contribution in [2.24, 2.45) is 5.41 Å². The fourth-order valence-electron chi connectivity index (χ4n) is 3.12. The number of nitriles is 1. The molecule has 5 heteroatoms. The molecule has 0 spiro atoms. The SMILES string of the molecule is CCc1ccc([C@@H]2[C@@H](S(=O)(=O)CC)[C@]2(C#N)COC)cc1. The van der Waals surface area contributed by atoms with Gasteiger partial charge in [0, 0.05) is 18.8 Å². The molecule has 4 nitrogen and oxygen atoms in total. The van der Waals surface area contributed by atoms with Crippen LogP contribution < -0.4 is 0 Å². The van der Waals surface area contributed by atoms with Gasteiger partial charge in [-0.25, -0.2) is 8.42 Å². The minimum absolute atomic E-state index is 0.0500. The maximum absolute atomic E-state index is 12.3. The minimum Gasteiger partial charge on any atom is -0.383 e. The standard InChI is InChI=1S/C16H21NO3S/c1-4-12-6-8-13(9-7-12)14-15(21(18,19)5-2)16(14,10-17)11-20-3/h6-9,14-15H,4-5,11H2,1-3H3/t14-,15-,16-/m1/s1. The Morgan fingerprint density at radius 3 is 2.33 bits per heavy atom. The Morgan fingerprint density at radius 1 is 1.29 bits per heavy atom. The molecule has 0 amide bonds.